The van der Waals surface area contributed by atoms with Crippen LogP contribution < -0.4 is 10.1 Å². The molecule has 1 heterocycles. The Morgan fingerprint density at radius 2 is 2.00 bits per heavy atom. The molecule has 1 aromatic rings. The summed E-state index contributed by atoms with van der Waals surface area (Å²) in [6, 6.07) is 0.437. The van der Waals surface area contributed by atoms with E-state index < -0.39 is 0 Å². The van der Waals surface area contributed by atoms with Gasteiger partial charge in [0.1, 0.15) is 0 Å². The number of rotatable bonds is 4. The molecule has 0 saturated carbocycles. The maximum atomic E-state index is 5.38. The van der Waals surface area contributed by atoms with Crippen LogP contribution in [0, 0.1) is 12.3 Å². The molecule has 17 heavy (non-hydrogen) atoms. The molecule has 4 nitrogen and oxygen atoms in total. The van der Waals surface area contributed by atoms with E-state index in [2.05, 4.69) is 38.1 Å². The van der Waals surface area contributed by atoms with Gasteiger partial charge < -0.3 is 10.1 Å². The molecule has 0 aromatic carbocycles. The van der Waals surface area contributed by atoms with Crippen molar-refractivity contribution in [1.82, 2.24) is 15.1 Å². The minimum Gasteiger partial charge on any atom is -0.481 e. The van der Waals surface area contributed by atoms with E-state index in [0.29, 0.717) is 6.04 Å². The quantitative estimate of drug-likeness (QED) is 0.876. The number of hydrogen-bond acceptors (Lipinski definition) is 3. The summed E-state index contributed by atoms with van der Waals surface area (Å²) in [5, 5.41) is 7.91. The first-order valence-corrected chi connectivity index (χ1v) is 6.07. The Labute approximate surface area is 104 Å². The second kappa shape index (κ2) is 5.08. The summed E-state index contributed by atoms with van der Waals surface area (Å²) in [5.41, 5.74) is 2.42. The Bertz CT molecular complexity index is 377. The van der Waals surface area contributed by atoms with Gasteiger partial charge in [-0.2, -0.15) is 5.10 Å². The molecule has 98 valence electrons. The highest BCUT2D eigenvalue weighted by atomic mass is 16.5. The predicted octanol–water partition coefficient (Wildman–Crippen LogP) is 2.26. The van der Waals surface area contributed by atoms with Gasteiger partial charge in [0.2, 0.25) is 5.88 Å². The van der Waals surface area contributed by atoms with Crippen LogP contribution in [0.2, 0.25) is 0 Å². The summed E-state index contributed by atoms with van der Waals surface area (Å²) < 4.78 is 7.16. The zero-order valence-electron chi connectivity index (χ0n) is 12.1. The van der Waals surface area contributed by atoms with Crippen molar-refractivity contribution >= 4 is 0 Å². The van der Waals surface area contributed by atoms with E-state index in [0.717, 1.165) is 23.7 Å². The molecular weight excluding hydrogens is 214 g/mol. The first-order chi connectivity index (χ1) is 7.77. The molecular formula is C13H25N3O. The Morgan fingerprint density at radius 1 is 1.41 bits per heavy atom. The maximum Gasteiger partial charge on any atom is 0.216 e. The normalized spacial score (nSPS) is 13.8. The number of nitrogens with zero attached hydrogens (tertiary/aromatic N) is 2. The Balaban J connectivity index is 2.76. The molecule has 0 bridgehead atoms. The van der Waals surface area contributed by atoms with Crippen molar-refractivity contribution in [3.05, 3.63) is 11.3 Å². The summed E-state index contributed by atoms with van der Waals surface area (Å²) in [7, 11) is 3.59. The monoisotopic (exact) mass is 239 g/mol. The topological polar surface area (TPSA) is 39.1 Å². The van der Waals surface area contributed by atoms with E-state index in [1.165, 1.54) is 0 Å². The minimum atomic E-state index is 0.253. The highest BCUT2D eigenvalue weighted by Gasteiger charge is 2.21. The van der Waals surface area contributed by atoms with Gasteiger partial charge in [0.05, 0.1) is 18.4 Å². The van der Waals surface area contributed by atoms with E-state index in [1.54, 1.807) is 11.8 Å². The van der Waals surface area contributed by atoms with Crippen LogP contribution in [0.15, 0.2) is 0 Å². The van der Waals surface area contributed by atoms with Crippen molar-refractivity contribution in [3.63, 3.8) is 0 Å². The average molecular weight is 239 g/mol. The molecule has 0 radical (unpaired) electrons. The molecule has 0 aliphatic carbocycles. The predicted molar refractivity (Wildman–Crippen MR) is 70.3 cm³/mol. The molecule has 1 atom stereocenters. The van der Waals surface area contributed by atoms with Crippen LogP contribution >= 0.6 is 0 Å². The van der Waals surface area contributed by atoms with E-state index in [9.17, 15) is 0 Å². The molecule has 0 aliphatic heterocycles. The van der Waals surface area contributed by atoms with Crippen LogP contribution in [0.5, 0.6) is 5.88 Å². The Hall–Kier alpha value is -1.03. The third kappa shape index (κ3) is 3.22. The Kier molecular flexibility index (Phi) is 4.20. The van der Waals surface area contributed by atoms with Crippen molar-refractivity contribution in [1.29, 1.82) is 0 Å². The van der Waals surface area contributed by atoms with Gasteiger partial charge >= 0.3 is 0 Å². The van der Waals surface area contributed by atoms with Gasteiger partial charge in [0, 0.05) is 19.6 Å². The number of nitrogens with one attached hydrogen (secondary N) is 1. The second-order valence-electron chi connectivity index (χ2n) is 5.67. The fourth-order valence-corrected chi connectivity index (χ4v) is 1.70. The smallest absolute Gasteiger partial charge is 0.216 e. The fraction of sp³-hybridized carbons (Fsp3) is 0.769. The zero-order chi connectivity index (χ0) is 13.2. The molecule has 0 fully saturated rings. The third-order valence-electron chi connectivity index (χ3n) is 3.37. The van der Waals surface area contributed by atoms with Crippen molar-refractivity contribution in [3.8, 4) is 5.88 Å². The average Bonchev–Trinajstić information content (AvgIpc) is 2.47. The number of methoxy groups -OCH3 is 1. The zero-order valence-corrected chi connectivity index (χ0v) is 12.1. The van der Waals surface area contributed by atoms with E-state index in [1.807, 2.05) is 14.0 Å². The van der Waals surface area contributed by atoms with Crippen LogP contribution in [-0.4, -0.2) is 22.9 Å². The standard InChI is InChI=1S/C13H25N3O/c1-9-11(12(17-7)16(6)15-9)8-14-10(2)13(3,4)5/h10,14H,8H2,1-7H3. The van der Waals surface area contributed by atoms with Gasteiger partial charge in [-0.25, -0.2) is 4.68 Å². The maximum absolute atomic E-state index is 5.38. The second-order valence-corrected chi connectivity index (χ2v) is 5.67. The number of ether oxygens (including phenoxy) is 1. The summed E-state index contributed by atoms with van der Waals surface area (Å²) in [6.45, 7) is 11.7. The van der Waals surface area contributed by atoms with Gasteiger partial charge in [-0.3, -0.25) is 0 Å². The molecule has 0 saturated heterocycles. The fourth-order valence-electron chi connectivity index (χ4n) is 1.70. The van der Waals surface area contributed by atoms with E-state index in [4.69, 9.17) is 4.74 Å². The molecule has 1 N–H and O–H groups in total. The van der Waals surface area contributed by atoms with Gasteiger partial charge in [-0.05, 0) is 19.3 Å². The molecule has 1 aromatic heterocycles. The third-order valence-corrected chi connectivity index (χ3v) is 3.37. The largest absolute Gasteiger partial charge is 0.481 e. The lowest BCUT2D eigenvalue weighted by Gasteiger charge is -2.28. The van der Waals surface area contributed by atoms with Crippen LogP contribution in [0.1, 0.15) is 39.0 Å². The van der Waals surface area contributed by atoms with Gasteiger partial charge in [0.25, 0.3) is 0 Å². The molecule has 1 unspecified atom stereocenters. The van der Waals surface area contributed by atoms with Gasteiger partial charge in [-0.1, -0.05) is 20.8 Å². The van der Waals surface area contributed by atoms with Crippen molar-refractivity contribution in [2.75, 3.05) is 7.11 Å². The highest BCUT2D eigenvalue weighted by Crippen LogP contribution is 2.23. The number of aromatic nitrogens is 2. The van der Waals surface area contributed by atoms with Crippen LogP contribution in [-0.2, 0) is 13.6 Å². The van der Waals surface area contributed by atoms with Crippen molar-refractivity contribution in [2.24, 2.45) is 12.5 Å². The van der Waals surface area contributed by atoms with Crippen molar-refractivity contribution in [2.45, 2.75) is 47.2 Å². The minimum absolute atomic E-state index is 0.253. The first kappa shape index (κ1) is 14.0. The van der Waals surface area contributed by atoms with Crippen LogP contribution in [0.4, 0.5) is 0 Å². The summed E-state index contributed by atoms with van der Waals surface area (Å²) in [6.07, 6.45) is 0. The molecule has 0 spiro atoms. The molecule has 0 amide bonds. The molecule has 4 heteroatoms. The lowest BCUT2D eigenvalue weighted by atomic mass is 9.88. The van der Waals surface area contributed by atoms with E-state index >= 15 is 0 Å². The summed E-state index contributed by atoms with van der Waals surface area (Å²) in [4.78, 5) is 0. The number of aryl methyl sites for hydroxylation is 2. The van der Waals surface area contributed by atoms with Crippen LogP contribution in [0.3, 0.4) is 0 Å². The Morgan fingerprint density at radius 3 is 2.47 bits per heavy atom. The van der Waals surface area contributed by atoms with E-state index in [-0.39, 0.29) is 5.41 Å². The van der Waals surface area contributed by atoms with Gasteiger partial charge in [0.15, 0.2) is 0 Å². The van der Waals surface area contributed by atoms with Gasteiger partial charge in [-0.15, -0.1) is 0 Å². The number of hydrogen-bond donors (Lipinski definition) is 1. The highest BCUT2D eigenvalue weighted by molar-refractivity contribution is 5.30. The summed E-state index contributed by atoms with van der Waals surface area (Å²) in [5.74, 6) is 0.844. The lowest BCUT2D eigenvalue weighted by molar-refractivity contribution is 0.283. The molecule has 0 aliphatic rings. The molecule has 1 rings (SSSR count). The van der Waals surface area contributed by atoms with Crippen molar-refractivity contribution < 1.29 is 4.74 Å². The SMILES string of the molecule is COc1c(CNC(C)C(C)(C)C)c(C)nn1C. The van der Waals surface area contributed by atoms with Crippen LogP contribution in [0.25, 0.3) is 0 Å². The lowest BCUT2D eigenvalue weighted by Crippen LogP contribution is -2.37. The first-order valence-electron chi connectivity index (χ1n) is 6.07. The summed E-state index contributed by atoms with van der Waals surface area (Å²) >= 11 is 0.